The third-order valence-corrected chi connectivity index (χ3v) is 6.47. The third kappa shape index (κ3) is 3.81. The summed E-state index contributed by atoms with van der Waals surface area (Å²) >= 11 is 0. The van der Waals surface area contributed by atoms with Crippen molar-refractivity contribution in [3.8, 4) is 0 Å². The van der Waals surface area contributed by atoms with Gasteiger partial charge in [0.2, 0.25) is 0 Å². The Morgan fingerprint density at radius 1 is 1.18 bits per heavy atom. The third-order valence-electron chi connectivity index (χ3n) is 6.47. The smallest absolute Gasteiger partial charge is 0.257 e. The number of fused-ring (bicyclic) bond motifs is 2. The van der Waals surface area contributed by atoms with E-state index >= 15 is 0 Å². The lowest BCUT2D eigenvalue weighted by molar-refractivity contribution is 0.102. The summed E-state index contributed by atoms with van der Waals surface area (Å²) in [6.45, 7) is 2.75. The number of aromatic nitrogens is 6. The molecule has 172 valence electrons. The molecule has 0 atom stereocenters. The van der Waals surface area contributed by atoms with Crippen LogP contribution >= 0.6 is 0 Å². The van der Waals surface area contributed by atoms with Crippen molar-refractivity contribution in [3.05, 3.63) is 72.1 Å². The summed E-state index contributed by atoms with van der Waals surface area (Å²) in [7, 11) is 2.14. The molecule has 2 N–H and O–H groups in total. The zero-order valence-electron chi connectivity index (χ0n) is 18.8. The molecule has 4 aromatic rings. The van der Waals surface area contributed by atoms with Crippen LogP contribution in [0.2, 0.25) is 0 Å². The maximum Gasteiger partial charge on any atom is 0.257 e. The fourth-order valence-electron chi connectivity index (χ4n) is 4.56. The van der Waals surface area contributed by atoms with Gasteiger partial charge in [-0.2, -0.15) is 10.2 Å². The van der Waals surface area contributed by atoms with Crippen molar-refractivity contribution in [3.63, 3.8) is 0 Å². The van der Waals surface area contributed by atoms with E-state index in [1.807, 2.05) is 35.3 Å². The first-order valence-corrected chi connectivity index (χ1v) is 11.4. The van der Waals surface area contributed by atoms with E-state index in [2.05, 4.69) is 48.8 Å². The molecule has 6 rings (SSSR count). The predicted molar refractivity (Wildman–Crippen MR) is 129 cm³/mol. The lowest BCUT2D eigenvalue weighted by Gasteiger charge is -2.28. The van der Waals surface area contributed by atoms with Gasteiger partial charge in [0, 0.05) is 42.5 Å². The second-order valence-corrected chi connectivity index (χ2v) is 8.77. The molecule has 0 aliphatic carbocycles. The number of nitrogens with one attached hydrogen (secondary N) is 2. The van der Waals surface area contributed by atoms with E-state index in [4.69, 9.17) is 0 Å². The Hall–Kier alpha value is -4.05. The number of imidazole rings is 1. The number of nitrogens with zero attached hydrogens (tertiary/aromatic N) is 7. The molecular formula is C24H25N9O. The Morgan fingerprint density at radius 2 is 2.06 bits per heavy atom. The Kier molecular flexibility index (Phi) is 5.06. The van der Waals surface area contributed by atoms with Crippen molar-refractivity contribution in [2.75, 3.05) is 37.3 Å². The van der Waals surface area contributed by atoms with Gasteiger partial charge in [-0.15, -0.1) is 0 Å². The molecule has 0 bridgehead atoms. The maximum absolute atomic E-state index is 13.0. The second-order valence-electron chi connectivity index (χ2n) is 8.77. The number of hydrogen-bond acceptors (Lipinski definition) is 7. The highest BCUT2D eigenvalue weighted by Gasteiger charge is 2.21. The molecule has 2 aliphatic rings. The SMILES string of the molecule is CN1CCC(n2cc(NC(=O)c3cnc4c(c3)C(c3ccc5nccn5n3)=CCN4)cn2)CC1. The van der Waals surface area contributed by atoms with Crippen LogP contribution in [0.25, 0.3) is 11.2 Å². The summed E-state index contributed by atoms with van der Waals surface area (Å²) in [6.07, 6.45) is 12.9. The largest absolute Gasteiger partial charge is 0.366 e. The summed E-state index contributed by atoms with van der Waals surface area (Å²) in [6, 6.07) is 6.09. The highest BCUT2D eigenvalue weighted by atomic mass is 16.1. The molecular weight excluding hydrogens is 430 g/mol. The average Bonchev–Trinajstić information content (AvgIpc) is 3.53. The highest BCUT2D eigenvalue weighted by molar-refractivity contribution is 6.05. The van der Waals surface area contributed by atoms with Crippen molar-refractivity contribution in [2.45, 2.75) is 18.9 Å². The Morgan fingerprint density at radius 3 is 2.94 bits per heavy atom. The van der Waals surface area contributed by atoms with E-state index < -0.39 is 0 Å². The Labute approximate surface area is 196 Å². The molecule has 0 spiro atoms. The van der Waals surface area contributed by atoms with Crippen molar-refractivity contribution < 1.29 is 4.79 Å². The first-order valence-electron chi connectivity index (χ1n) is 11.4. The Balaban J connectivity index is 1.23. The summed E-state index contributed by atoms with van der Waals surface area (Å²) in [5, 5.41) is 15.4. The molecule has 2 aliphatic heterocycles. The van der Waals surface area contributed by atoms with Gasteiger partial charge in [-0.05, 0) is 51.2 Å². The molecule has 1 saturated heterocycles. The van der Waals surface area contributed by atoms with Gasteiger partial charge in [0.25, 0.3) is 5.91 Å². The van der Waals surface area contributed by atoms with Crippen LogP contribution in [0, 0.1) is 0 Å². The van der Waals surface area contributed by atoms with Crippen LogP contribution in [0.3, 0.4) is 0 Å². The van der Waals surface area contributed by atoms with Crippen molar-refractivity contribution in [1.29, 1.82) is 0 Å². The fraction of sp³-hybridized carbons (Fsp3) is 0.292. The minimum Gasteiger partial charge on any atom is -0.366 e. The standard InChI is InChI=1S/C24H25N9O/c1-31-9-5-18(6-10-31)33-15-17(14-28-33)29-24(34)16-12-20-19(4-7-26-23(20)27-13-16)21-2-3-22-25-8-11-32(22)30-21/h2-4,8,11-15,18H,5-7,9-10H2,1H3,(H,26,27)(H,29,34). The van der Waals surface area contributed by atoms with E-state index in [1.54, 1.807) is 23.1 Å². The molecule has 0 unspecified atom stereocenters. The lowest BCUT2D eigenvalue weighted by Crippen LogP contribution is -2.31. The van der Waals surface area contributed by atoms with Crippen LogP contribution < -0.4 is 10.6 Å². The van der Waals surface area contributed by atoms with Gasteiger partial charge in [0.05, 0.1) is 29.2 Å². The Bertz CT molecular complexity index is 1390. The van der Waals surface area contributed by atoms with Crippen LogP contribution in [-0.4, -0.2) is 66.9 Å². The lowest BCUT2D eigenvalue weighted by atomic mass is 9.98. The van der Waals surface area contributed by atoms with Crippen molar-refractivity contribution in [1.82, 2.24) is 34.3 Å². The van der Waals surface area contributed by atoms with Crippen LogP contribution in [0.1, 0.15) is 40.5 Å². The number of anilines is 2. The molecule has 4 aromatic heterocycles. The molecule has 0 aromatic carbocycles. The second kappa shape index (κ2) is 8.38. The number of carbonyl (C=O) groups excluding carboxylic acids is 1. The average molecular weight is 456 g/mol. The highest BCUT2D eigenvalue weighted by Crippen LogP contribution is 2.31. The summed E-state index contributed by atoms with van der Waals surface area (Å²) in [4.78, 5) is 24.1. The number of likely N-dealkylation sites (tertiary alicyclic amines) is 1. The van der Waals surface area contributed by atoms with E-state index in [0.717, 1.165) is 54.2 Å². The molecule has 1 amide bonds. The molecule has 1 fully saturated rings. The molecule has 0 radical (unpaired) electrons. The molecule has 10 nitrogen and oxygen atoms in total. The molecule has 6 heterocycles. The van der Waals surface area contributed by atoms with E-state index in [9.17, 15) is 4.79 Å². The maximum atomic E-state index is 13.0. The monoisotopic (exact) mass is 455 g/mol. The van der Waals surface area contributed by atoms with Crippen LogP contribution in [0.5, 0.6) is 0 Å². The molecule has 34 heavy (non-hydrogen) atoms. The number of rotatable bonds is 4. The summed E-state index contributed by atoms with van der Waals surface area (Å²) < 4.78 is 3.71. The van der Waals surface area contributed by atoms with Gasteiger partial charge in [0.1, 0.15) is 5.82 Å². The van der Waals surface area contributed by atoms with Crippen LogP contribution in [0.4, 0.5) is 11.5 Å². The zero-order chi connectivity index (χ0) is 23.1. The topological polar surface area (TPSA) is 105 Å². The fourth-order valence-corrected chi connectivity index (χ4v) is 4.56. The van der Waals surface area contributed by atoms with E-state index in [-0.39, 0.29) is 5.91 Å². The van der Waals surface area contributed by atoms with E-state index in [0.29, 0.717) is 23.8 Å². The number of carbonyl (C=O) groups is 1. The van der Waals surface area contributed by atoms with Gasteiger partial charge >= 0.3 is 0 Å². The van der Waals surface area contributed by atoms with Crippen molar-refractivity contribution >= 4 is 28.6 Å². The van der Waals surface area contributed by atoms with Gasteiger partial charge in [-0.3, -0.25) is 9.48 Å². The number of hydrogen-bond donors (Lipinski definition) is 2. The number of amides is 1. The number of pyridine rings is 1. The van der Waals surface area contributed by atoms with Crippen LogP contribution in [-0.2, 0) is 0 Å². The normalized spacial score (nSPS) is 16.7. The van der Waals surface area contributed by atoms with E-state index in [1.165, 1.54) is 0 Å². The first-order chi connectivity index (χ1) is 16.6. The van der Waals surface area contributed by atoms with Gasteiger partial charge in [-0.1, -0.05) is 6.08 Å². The summed E-state index contributed by atoms with van der Waals surface area (Å²) in [5.41, 5.74) is 4.51. The molecule has 10 heteroatoms. The van der Waals surface area contributed by atoms with Gasteiger partial charge < -0.3 is 15.5 Å². The van der Waals surface area contributed by atoms with Gasteiger partial charge in [0.15, 0.2) is 5.65 Å². The molecule has 0 saturated carbocycles. The summed E-state index contributed by atoms with van der Waals surface area (Å²) in [5.74, 6) is 0.512. The number of piperidine rings is 1. The van der Waals surface area contributed by atoms with Crippen molar-refractivity contribution in [2.24, 2.45) is 0 Å². The quantitative estimate of drug-likeness (QED) is 0.487. The minimum absolute atomic E-state index is 0.221. The van der Waals surface area contributed by atoms with Gasteiger partial charge in [-0.25, -0.2) is 14.5 Å². The van der Waals surface area contributed by atoms with Crippen LogP contribution in [0.15, 0.2) is 55.3 Å². The first kappa shape index (κ1) is 20.5. The zero-order valence-corrected chi connectivity index (χ0v) is 18.8. The minimum atomic E-state index is -0.221. The predicted octanol–water partition coefficient (Wildman–Crippen LogP) is 2.70.